The van der Waals surface area contributed by atoms with Crippen LogP contribution in [0, 0.1) is 13.8 Å². The van der Waals surface area contributed by atoms with Crippen molar-refractivity contribution >= 4 is 51.0 Å². The largest absolute Gasteiger partial charge is 0.389 e. The van der Waals surface area contributed by atoms with Gasteiger partial charge >= 0.3 is 0 Å². The first kappa shape index (κ1) is 13.3. The number of thiocarbonyl (C=S) groups is 1. The number of nitrogens with two attached hydrogens (primary N) is 1. The minimum atomic E-state index is 0.337. The van der Waals surface area contributed by atoms with Gasteiger partial charge < -0.3 is 11.1 Å². The summed E-state index contributed by atoms with van der Waals surface area (Å²) < 4.78 is 0. The van der Waals surface area contributed by atoms with Gasteiger partial charge in [-0.05, 0) is 32.0 Å². The van der Waals surface area contributed by atoms with Crippen molar-refractivity contribution in [1.82, 2.24) is 4.98 Å². The molecule has 1 aromatic heterocycles. The second-order valence-corrected chi connectivity index (χ2v) is 5.89. The van der Waals surface area contributed by atoms with E-state index in [1.165, 1.54) is 4.88 Å². The molecule has 0 aliphatic heterocycles. The SMILES string of the molecule is Cc1nc(Nc2ccc(C(N)=S)cc2Cl)sc1C. The molecule has 2 aromatic rings. The Bertz CT molecular complexity index is 588. The molecule has 3 N–H and O–H groups in total. The van der Waals surface area contributed by atoms with Gasteiger partial charge in [0, 0.05) is 10.4 Å². The Labute approximate surface area is 120 Å². The minimum Gasteiger partial charge on any atom is -0.389 e. The topological polar surface area (TPSA) is 50.9 Å². The van der Waals surface area contributed by atoms with Crippen LogP contribution < -0.4 is 11.1 Å². The van der Waals surface area contributed by atoms with Gasteiger partial charge in [0.2, 0.25) is 0 Å². The molecule has 0 atom stereocenters. The lowest BCUT2D eigenvalue weighted by Gasteiger charge is -2.07. The number of hydrogen-bond acceptors (Lipinski definition) is 4. The van der Waals surface area contributed by atoms with E-state index in [4.69, 9.17) is 29.6 Å². The zero-order valence-electron chi connectivity index (χ0n) is 9.95. The third-order valence-electron chi connectivity index (χ3n) is 2.52. The lowest BCUT2D eigenvalue weighted by Crippen LogP contribution is -2.09. The molecule has 0 saturated heterocycles. The maximum Gasteiger partial charge on any atom is 0.187 e. The number of rotatable bonds is 3. The van der Waals surface area contributed by atoms with Gasteiger partial charge in [0.05, 0.1) is 16.4 Å². The lowest BCUT2D eigenvalue weighted by atomic mass is 10.2. The Kier molecular flexibility index (Phi) is 3.85. The first-order valence-corrected chi connectivity index (χ1v) is 6.88. The molecule has 0 spiro atoms. The van der Waals surface area contributed by atoms with Crippen molar-refractivity contribution in [2.45, 2.75) is 13.8 Å². The van der Waals surface area contributed by atoms with Crippen LogP contribution in [-0.4, -0.2) is 9.97 Å². The second-order valence-electron chi connectivity index (χ2n) is 3.84. The van der Waals surface area contributed by atoms with E-state index in [0.717, 1.165) is 22.1 Å². The summed E-state index contributed by atoms with van der Waals surface area (Å²) in [6.45, 7) is 4.02. The number of benzene rings is 1. The molecule has 0 bridgehead atoms. The number of aromatic nitrogens is 1. The Morgan fingerprint density at radius 3 is 2.67 bits per heavy atom. The molecule has 0 aliphatic carbocycles. The van der Waals surface area contributed by atoms with Gasteiger partial charge in [-0.25, -0.2) is 4.98 Å². The van der Waals surface area contributed by atoms with E-state index in [1.807, 2.05) is 26.0 Å². The molecule has 1 heterocycles. The Balaban J connectivity index is 2.27. The molecule has 0 aliphatic rings. The van der Waals surface area contributed by atoms with Crippen LogP contribution in [-0.2, 0) is 0 Å². The van der Waals surface area contributed by atoms with Crippen LogP contribution in [0.2, 0.25) is 5.02 Å². The number of anilines is 2. The summed E-state index contributed by atoms with van der Waals surface area (Å²) in [4.78, 5) is 5.93. The molecule has 0 unspecified atom stereocenters. The summed E-state index contributed by atoms with van der Waals surface area (Å²) in [5.74, 6) is 0. The Hall–Kier alpha value is -1.17. The van der Waals surface area contributed by atoms with Crippen molar-refractivity contribution < 1.29 is 0 Å². The number of nitrogens with one attached hydrogen (secondary N) is 1. The van der Waals surface area contributed by atoms with Crippen LogP contribution >= 0.6 is 35.2 Å². The first-order chi connectivity index (χ1) is 8.47. The van der Waals surface area contributed by atoms with Gasteiger partial charge in [-0.15, -0.1) is 11.3 Å². The fourth-order valence-corrected chi connectivity index (χ4v) is 2.59. The van der Waals surface area contributed by atoms with Crippen molar-refractivity contribution in [2.75, 3.05) is 5.32 Å². The van der Waals surface area contributed by atoms with E-state index in [0.29, 0.717) is 10.0 Å². The first-order valence-electron chi connectivity index (χ1n) is 5.28. The van der Waals surface area contributed by atoms with Crippen molar-refractivity contribution in [1.29, 1.82) is 0 Å². The third kappa shape index (κ3) is 2.80. The average molecular weight is 298 g/mol. The van der Waals surface area contributed by atoms with E-state index in [2.05, 4.69) is 10.3 Å². The normalized spacial score (nSPS) is 10.4. The monoisotopic (exact) mass is 297 g/mol. The minimum absolute atomic E-state index is 0.337. The molecular formula is C12H12ClN3S2. The lowest BCUT2D eigenvalue weighted by molar-refractivity contribution is 1.23. The zero-order valence-corrected chi connectivity index (χ0v) is 12.3. The highest BCUT2D eigenvalue weighted by Crippen LogP contribution is 2.29. The number of thiazole rings is 1. The molecule has 1 aromatic carbocycles. The fraction of sp³-hybridized carbons (Fsp3) is 0.167. The molecule has 0 saturated carbocycles. The number of hydrogen-bond donors (Lipinski definition) is 2. The van der Waals surface area contributed by atoms with E-state index < -0.39 is 0 Å². The van der Waals surface area contributed by atoms with Crippen LogP contribution in [0.25, 0.3) is 0 Å². The van der Waals surface area contributed by atoms with Gasteiger partial charge in [-0.2, -0.15) is 0 Å². The standard InChI is InChI=1S/C12H12ClN3S2/c1-6-7(2)18-12(15-6)16-10-4-3-8(11(14)17)5-9(10)13/h3-5H,1-2H3,(H2,14,17)(H,15,16). The van der Waals surface area contributed by atoms with Gasteiger partial charge in [0.1, 0.15) is 4.99 Å². The quantitative estimate of drug-likeness (QED) is 0.846. The third-order valence-corrected chi connectivity index (χ3v) is 4.06. The average Bonchev–Trinajstić information content (AvgIpc) is 2.61. The van der Waals surface area contributed by atoms with Crippen LogP contribution in [0.3, 0.4) is 0 Å². The Morgan fingerprint density at radius 1 is 1.44 bits per heavy atom. The molecule has 0 radical (unpaired) electrons. The second kappa shape index (κ2) is 5.22. The van der Waals surface area contributed by atoms with Crippen LogP contribution in [0.4, 0.5) is 10.8 Å². The fourth-order valence-electron chi connectivity index (χ4n) is 1.41. The molecule has 2 rings (SSSR count). The molecule has 18 heavy (non-hydrogen) atoms. The van der Waals surface area contributed by atoms with Crippen molar-refractivity contribution in [3.63, 3.8) is 0 Å². The van der Waals surface area contributed by atoms with E-state index in [-0.39, 0.29) is 0 Å². The van der Waals surface area contributed by atoms with Gasteiger partial charge in [0.25, 0.3) is 0 Å². The maximum absolute atomic E-state index is 6.17. The summed E-state index contributed by atoms with van der Waals surface area (Å²) in [5.41, 5.74) is 8.13. The smallest absolute Gasteiger partial charge is 0.187 e. The van der Waals surface area contributed by atoms with Crippen molar-refractivity contribution in [2.24, 2.45) is 5.73 Å². The van der Waals surface area contributed by atoms with Crippen molar-refractivity contribution in [3.8, 4) is 0 Å². The Morgan fingerprint density at radius 2 is 2.17 bits per heavy atom. The molecule has 94 valence electrons. The van der Waals surface area contributed by atoms with Crippen LogP contribution in [0.5, 0.6) is 0 Å². The highest BCUT2D eigenvalue weighted by Gasteiger charge is 2.07. The molecule has 0 amide bonds. The molecular weight excluding hydrogens is 286 g/mol. The summed E-state index contributed by atoms with van der Waals surface area (Å²) >= 11 is 12.7. The summed E-state index contributed by atoms with van der Waals surface area (Å²) in [6, 6.07) is 5.44. The molecule has 3 nitrogen and oxygen atoms in total. The van der Waals surface area contributed by atoms with E-state index >= 15 is 0 Å². The number of halogens is 1. The predicted octanol–water partition coefficient (Wildman–Crippen LogP) is 3.79. The van der Waals surface area contributed by atoms with E-state index in [1.54, 1.807) is 17.4 Å². The van der Waals surface area contributed by atoms with Crippen LogP contribution in [0.15, 0.2) is 18.2 Å². The summed E-state index contributed by atoms with van der Waals surface area (Å²) in [7, 11) is 0. The van der Waals surface area contributed by atoms with Crippen LogP contribution in [0.1, 0.15) is 16.1 Å². The van der Waals surface area contributed by atoms with Gasteiger partial charge in [-0.3, -0.25) is 0 Å². The van der Waals surface area contributed by atoms with Crippen molar-refractivity contribution in [3.05, 3.63) is 39.4 Å². The zero-order chi connectivity index (χ0) is 13.3. The predicted molar refractivity (Wildman–Crippen MR) is 82.2 cm³/mol. The van der Waals surface area contributed by atoms with Gasteiger partial charge in [0.15, 0.2) is 5.13 Å². The highest BCUT2D eigenvalue weighted by molar-refractivity contribution is 7.80. The number of aryl methyl sites for hydroxylation is 2. The maximum atomic E-state index is 6.17. The molecule has 0 fully saturated rings. The molecule has 6 heteroatoms. The van der Waals surface area contributed by atoms with E-state index in [9.17, 15) is 0 Å². The van der Waals surface area contributed by atoms with Gasteiger partial charge in [-0.1, -0.05) is 23.8 Å². The summed E-state index contributed by atoms with van der Waals surface area (Å²) in [5, 5.41) is 4.59. The number of nitrogens with zero attached hydrogens (tertiary/aromatic N) is 1. The summed E-state index contributed by atoms with van der Waals surface area (Å²) in [6.07, 6.45) is 0. The highest BCUT2D eigenvalue weighted by atomic mass is 35.5.